The van der Waals surface area contributed by atoms with E-state index in [0.29, 0.717) is 5.92 Å². The lowest BCUT2D eigenvalue weighted by molar-refractivity contribution is 0.853. The molecule has 0 nitrogen and oxygen atoms in total. The smallest absolute Gasteiger partial charge is 0.0651 e. The summed E-state index contributed by atoms with van der Waals surface area (Å²) in [6.07, 6.45) is 2.38. The Labute approximate surface area is 167 Å². The van der Waals surface area contributed by atoms with Crippen molar-refractivity contribution in [1.82, 2.24) is 0 Å². The molecule has 27 heavy (non-hydrogen) atoms. The van der Waals surface area contributed by atoms with E-state index in [-0.39, 0.29) is 0 Å². The zero-order chi connectivity index (χ0) is 19.7. The van der Waals surface area contributed by atoms with Gasteiger partial charge in [-0.1, -0.05) is 95.4 Å². The SMILES string of the molecule is CCCc1ccccc1[SiH](C1=C(C)C(C)=C(C)C1C)c1cc(C)cc(C)c1. The van der Waals surface area contributed by atoms with Crippen LogP contribution in [0.4, 0.5) is 0 Å². The summed E-state index contributed by atoms with van der Waals surface area (Å²) in [7, 11) is -1.48. The second-order valence-corrected chi connectivity index (χ2v) is 11.2. The normalized spacial score (nSPS) is 18.4. The maximum atomic E-state index is 2.46. The van der Waals surface area contributed by atoms with Gasteiger partial charge in [-0.25, -0.2) is 0 Å². The minimum atomic E-state index is -1.48. The van der Waals surface area contributed by atoms with Crippen molar-refractivity contribution in [3.63, 3.8) is 0 Å². The Morgan fingerprint density at radius 2 is 1.48 bits per heavy atom. The second kappa shape index (κ2) is 8.02. The third-order valence-electron chi connectivity index (χ3n) is 6.48. The van der Waals surface area contributed by atoms with E-state index in [4.69, 9.17) is 0 Å². The third kappa shape index (κ3) is 3.75. The maximum absolute atomic E-state index is 2.46. The molecule has 2 unspecified atom stereocenters. The Balaban J connectivity index is 2.26. The zero-order valence-electron chi connectivity index (χ0n) is 18.1. The number of allylic oxidation sites excluding steroid dienone is 4. The molecule has 3 rings (SSSR count). The van der Waals surface area contributed by atoms with Gasteiger partial charge in [0.1, 0.15) is 8.80 Å². The van der Waals surface area contributed by atoms with Crippen molar-refractivity contribution in [2.24, 2.45) is 5.92 Å². The van der Waals surface area contributed by atoms with Gasteiger partial charge in [-0.2, -0.15) is 0 Å². The van der Waals surface area contributed by atoms with Gasteiger partial charge in [-0.3, -0.25) is 0 Å². The monoisotopic (exact) mass is 374 g/mol. The van der Waals surface area contributed by atoms with Crippen LogP contribution in [0.3, 0.4) is 0 Å². The van der Waals surface area contributed by atoms with Crippen LogP contribution >= 0.6 is 0 Å². The predicted molar refractivity (Wildman–Crippen MR) is 123 cm³/mol. The Morgan fingerprint density at radius 3 is 2.04 bits per heavy atom. The minimum Gasteiger partial charge on any atom is -0.0651 e. The van der Waals surface area contributed by atoms with Crippen molar-refractivity contribution in [1.29, 1.82) is 0 Å². The fourth-order valence-corrected chi connectivity index (χ4v) is 9.10. The average molecular weight is 375 g/mol. The third-order valence-corrected chi connectivity index (χ3v) is 10.2. The lowest BCUT2D eigenvalue weighted by Gasteiger charge is -2.26. The first-order chi connectivity index (χ1) is 12.8. The first-order valence-electron chi connectivity index (χ1n) is 10.4. The molecule has 0 saturated carbocycles. The molecule has 0 aliphatic heterocycles. The number of aryl methyl sites for hydroxylation is 3. The molecule has 0 spiro atoms. The van der Waals surface area contributed by atoms with E-state index in [1.54, 1.807) is 32.3 Å². The van der Waals surface area contributed by atoms with Crippen molar-refractivity contribution in [2.45, 2.75) is 61.3 Å². The maximum Gasteiger partial charge on any atom is 0.129 e. The van der Waals surface area contributed by atoms with Gasteiger partial charge in [-0.15, -0.1) is 0 Å². The summed E-state index contributed by atoms with van der Waals surface area (Å²) in [6, 6.07) is 16.5. The molecule has 2 aromatic carbocycles. The molecule has 0 amide bonds. The molecular formula is C26H34Si. The van der Waals surface area contributed by atoms with Crippen LogP contribution in [0.25, 0.3) is 0 Å². The average Bonchev–Trinajstić information content (AvgIpc) is 2.81. The largest absolute Gasteiger partial charge is 0.129 e. The fraction of sp³-hybridized carbons (Fsp3) is 0.385. The highest BCUT2D eigenvalue weighted by Crippen LogP contribution is 2.38. The highest BCUT2D eigenvalue weighted by atomic mass is 28.3. The standard InChI is InChI=1S/C26H34Si/c1-8-11-23-12-9-10-13-25(23)27(24-15-17(2)14-18(3)16-24)26-21(6)19(4)20(5)22(26)7/h9-10,12-16,21,27H,8,11H2,1-7H3. The molecule has 0 N–H and O–H groups in total. The zero-order valence-corrected chi connectivity index (χ0v) is 19.3. The van der Waals surface area contributed by atoms with Crippen molar-refractivity contribution in [2.75, 3.05) is 0 Å². The van der Waals surface area contributed by atoms with Crippen molar-refractivity contribution in [3.8, 4) is 0 Å². The van der Waals surface area contributed by atoms with Crippen molar-refractivity contribution in [3.05, 3.63) is 81.1 Å². The van der Waals surface area contributed by atoms with Crippen LogP contribution in [-0.2, 0) is 6.42 Å². The summed E-state index contributed by atoms with van der Waals surface area (Å²) >= 11 is 0. The van der Waals surface area contributed by atoms with Crippen LogP contribution in [0, 0.1) is 19.8 Å². The molecule has 2 aromatic rings. The van der Waals surface area contributed by atoms with Gasteiger partial charge < -0.3 is 0 Å². The Kier molecular flexibility index (Phi) is 5.91. The second-order valence-electron chi connectivity index (χ2n) is 8.41. The molecule has 1 heteroatoms. The molecule has 142 valence electrons. The Hall–Kier alpha value is -1.86. The van der Waals surface area contributed by atoms with Gasteiger partial charge >= 0.3 is 0 Å². The molecule has 1 aliphatic carbocycles. The number of hydrogen-bond acceptors (Lipinski definition) is 0. The van der Waals surface area contributed by atoms with E-state index in [9.17, 15) is 0 Å². The summed E-state index contributed by atoms with van der Waals surface area (Å²) in [5.74, 6) is 0.567. The quantitative estimate of drug-likeness (QED) is 0.611. The van der Waals surface area contributed by atoms with E-state index in [1.165, 1.54) is 29.5 Å². The Bertz CT molecular complexity index is 893. The summed E-state index contributed by atoms with van der Waals surface area (Å²) in [5.41, 5.74) is 8.99. The van der Waals surface area contributed by atoms with Crippen LogP contribution in [0.1, 0.15) is 57.7 Å². The van der Waals surface area contributed by atoms with E-state index in [0.717, 1.165) is 0 Å². The van der Waals surface area contributed by atoms with Crippen LogP contribution < -0.4 is 10.4 Å². The first kappa shape index (κ1) is 19.9. The summed E-state index contributed by atoms with van der Waals surface area (Å²) in [4.78, 5) is 0. The van der Waals surface area contributed by atoms with Gasteiger partial charge in [0, 0.05) is 0 Å². The van der Waals surface area contributed by atoms with Crippen molar-refractivity contribution >= 4 is 19.2 Å². The summed E-state index contributed by atoms with van der Waals surface area (Å²) in [6.45, 7) is 16.2. The van der Waals surface area contributed by atoms with Gasteiger partial charge in [0.2, 0.25) is 0 Å². The molecule has 2 atom stereocenters. The number of hydrogen-bond donors (Lipinski definition) is 0. The van der Waals surface area contributed by atoms with Crippen LogP contribution in [0.2, 0.25) is 0 Å². The minimum absolute atomic E-state index is 0.567. The van der Waals surface area contributed by atoms with Crippen molar-refractivity contribution < 1.29 is 0 Å². The van der Waals surface area contributed by atoms with E-state index in [1.807, 2.05) is 0 Å². The molecule has 0 heterocycles. The van der Waals surface area contributed by atoms with Gasteiger partial charge in [0.25, 0.3) is 0 Å². The van der Waals surface area contributed by atoms with E-state index < -0.39 is 8.80 Å². The summed E-state index contributed by atoms with van der Waals surface area (Å²) < 4.78 is 0. The molecular weight excluding hydrogens is 340 g/mol. The topological polar surface area (TPSA) is 0 Å². The highest BCUT2D eigenvalue weighted by Gasteiger charge is 2.33. The lowest BCUT2D eigenvalue weighted by Crippen LogP contribution is -2.47. The first-order valence-corrected chi connectivity index (χ1v) is 12.1. The predicted octanol–water partition coefficient (Wildman–Crippen LogP) is 5.44. The van der Waals surface area contributed by atoms with Crippen LogP contribution in [0.5, 0.6) is 0 Å². The fourth-order valence-electron chi connectivity index (χ4n) is 4.88. The molecule has 0 radical (unpaired) electrons. The molecule has 0 fully saturated rings. The van der Waals surface area contributed by atoms with Crippen LogP contribution in [0.15, 0.2) is 64.4 Å². The van der Waals surface area contributed by atoms with Gasteiger partial charge in [-0.05, 0) is 63.3 Å². The molecule has 0 aromatic heterocycles. The van der Waals surface area contributed by atoms with Crippen LogP contribution in [-0.4, -0.2) is 8.80 Å². The molecule has 0 saturated heterocycles. The van der Waals surface area contributed by atoms with Gasteiger partial charge in [0.05, 0.1) is 0 Å². The highest BCUT2D eigenvalue weighted by molar-refractivity contribution is 6.91. The Morgan fingerprint density at radius 1 is 0.852 bits per heavy atom. The summed E-state index contributed by atoms with van der Waals surface area (Å²) in [5, 5.41) is 4.95. The number of rotatable bonds is 5. The number of benzene rings is 2. The molecule has 0 bridgehead atoms. The van der Waals surface area contributed by atoms with E-state index >= 15 is 0 Å². The lowest BCUT2D eigenvalue weighted by atomic mass is 10.1. The molecule has 1 aliphatic rings. The van der Waals surface area contributed by atoms with E-state index in [2.05, 4.69) is 90.9 Å². The van der Waals surface area contributed by atoms with Gasteiger partial charge in [0.15, 0.2) is 0 Å².